The van der Waals surface area contributed by atoms with Gasteiger partial charge in [0.2, 0.25) is 0 Å². The van der Waals surface area contributed by atoms with Gasteiger partial charge in [-0.25, -0.2) is 4.79 Å². The summed E-state index contributed by atoms with van der Waals surface area (Å²) in [4.78, 5) is 27.5. The standard InChI is InChI=1S/C18H20ClN5O3/c1-2-27-18(26)24-11-9-23(10-12-24)17(25)15-7-8-16(22-21-15)20-14-5-3-13(19)4-6-14/h3-8H,2,9-12H2,1H3,(H,20,22). The second-order valence-corrected chi connectivity index (χ2v) is 6.35. The minimum atomic E-state index is -0.345. The van der Waals surface area contributed by atoms with Crippen LogP contribution in [-0.4, -0.2) is 64.8 Å². The van der Waals surface area contributed by atoms with Crippen LogP contribution in [0.4, 0.5) is 16.3 Å². The minimum absolute atomic E-state index is 0.205. The molecule has 1 aromatic heterocycles. The molecule has 0 atom stereocenters. The molecule has 0 spiro atoms. The van der Waals surface area contributed by atoms with Gasteiger partial charge in [0.25, 0.3) is 5.91 Å². The normalized spacial score (nSPS) is 14.0. The van der Waals surface area contributed by atoms with Crippen molar-refractivity contribution in [2.75, 3.05) is 38.1 Å². The van der Waals surface area contributed by atoms with Crippen molar-refractivity contribution in [2.45, 2.75) is 6.92 Å². The summed E-state index contributed by atoms with van der Waals surface area (Å²) in [6.45, 7) is 3.85. The predicted molar refractivity (Wildman–Crippen MR) is 101 cm³/mol. The topological polar surface area (TPSA) is 87.7 Å². The predicted octanol–water partition coefficient (Wildman–Crippen LogP) is 2.79. The van der Waals surface area contributed by atoms with Crippen molar-refractivity contribution in [3.05, 3.63) is 47.1 Å². The lowest BCUT2D eigenvalue weighted by atomic mass is 10.2. The van der Waals surface area contributed by atoms with Crippen LogP contribution in [0.3, 0.4) is 0 Å². The van der Waals surface area contributed by atoms with Crippen molar-refractivity contribution in [1.82, 2.24) is 20.0 Å². The molecule has 2 amide bonds. The molecule has 0 saturated carbocycles. The Morgan fingerprint density at radius 1 is 1.04 bits per heavy atom. The van der Waals surface area contributed by atoms with Crippen LogP contribution in [0.2, 0.25) is 5.02 Å². The molecule has 9 heteroatoms. The van der Waals surface area contributed by atoms with Gasteiger partial charge in [0.15, 0.2) is 11.5 Å². The number of aromatic nitrogens is 2. The fourth-order valence-electron chi connectivity index (χ4n) is 2.66. The Balaban J connectivity index is 1.56. The van der Waals surface area contributed by atoms with Crippen LogP contribution in [0.15, 0.2) is 36.4 Å². The number of carbonyl (C=O) groups excluding carboxylic acids is 2. The highest BCUT2D eigenvalue weighted by atomic mass is 35.5. The third-order valence-corrected chi connectivity index (χ3v) is 4.35. The van der Waals surface area contributed by atoms with E-state index < -0.39 is 0 Å². The Labute approximate surface area is 162 Å². The van der Waals surface area contributed by atoms with Gasteiger partial charge in [0, 0.05) is 36.9 Å². The molecule has 3 rings (SSSR count). The zero-order valence-electron chi connectivity index (χ0n) is 14.9. The Kier molecular flexibility index (Phi) is 6.08. The highest BCUT2D eigenvalue weighted by Gasteiger charge is 2.26. The lowest BCUT2D eigenvalue weighted by Crippen LogP contribution is -2.50. The maximum Gasteiger partial charge on any atom is 0.409 e. The molecule has 27 heavy (non-hydrogen) atoms. The van der Waals surface area contributed by atoms with E-state index in [9.17, 15) is 9.59 Å². The van der Waals surface area contributed by atoms with Crippen molar-refractivity contribution in [3.8, 4) is 0 Å². The molecule has 1 aromatic carbocycles. The largest absolute Gasteiger partial charge is 0.450 e. The smallest absolute Gasteiger partial charge is 0.409 e. The number of piperazine rings is 1. The van der Waals surface area contributed by atoms with Crippen molar-refractivity contribution in [2.24, 2.45) is 0 Å². The zero-order valence-corrected chi connectivity index (χ0v) is 15.6. The summed E-state index contributed by atoms with van der Waals surface area (Å²) in [6.07, 6.45) is -0.345. The van der Waals surface area contributed by atoms with Gasteiger partial charge in [-0.3, -0.25) is 4.79 Å². The fraction of sp³-hybridized carbons (Fsp3) is 0.333. The van der Waals surface area contributed by atoms with E-state index in [0.717, 1.165) is 5.69 Å². The molecule has 2 heterocycles. The van der Waals surface area contributed by atoms with Crippen LogP contribution in [-0.2, 0) is 4.74 Å². The summed E-state index contributed by atoms with van der Waals surface area (Å²) < 4.78 is 4.98. The highest BCUT2D eigenvalue weighted by molar-refractivity contribution is 6.30. The number of carbonyl (C=O) groups is 2. The lowest BCUT2D eigenvalue weighted by molar-refractivity contribution is 0.0565. The number of hydrogen-bond acceptors (Lipinski definition) is 6. The number of rotatable bonds is 4. The number of hydrogen-bond donors (Lipinski definition) is 1. The molecule has 1 fully saturated rings. The lowest BCUT2D eigenvalue weighted by Gasteiger charge is -2.33. The van der Waals surface area contributed by atoms with Crippen LogP contribution >= 0.6 is 11.6 Å². The average molecular weight is 390 g/mol. The number of halogens is 1. The Bertz CT molecular complexity index is 790. The molecule has 1 N–H and O–H groups in total. The third-order valence-electron chi connectivity index (χ3n) is 4.09. The molecule has 2 aromatic rings. The monoisotopic (exact) mass is 389 g/mol. The van der Waals surface area contributed by atoms with Crippen molar-refractivity contribution >= 4 is 35.1 Å². The van der Waals surface area contributed by atoms with Crippen molar-refractivity contribution in [1.29, 1.82) is 0 Å². The van der Waals surface area contributed by atoms with Crippen LogP contribution in [0.25, 0.3) is 0 Å². The number of nitrogens with zero attached hydrogens (tertiary/aromatic N) is 4. The van der Waals surface area contributed by atoms with E-state index in [4.69, 9.17) is 16.3 Å². The molecule has 1 aliphatic heterocycles. The first-order chi connectivity index (χ1) is 13.1. The van der Waals surface area contributed by atoms with E-state index in [0.29, 0.717) is 43.6 Å². The highest BCUT2D eigenvalue weighted by Crippen LogP contribution is 2.17. The first kappa shape index (κ1) is 18.9. The average Bonchev–Trinajstić information content (AvgIpc) is 2.70. The maximum atomic E-state index is 12.6. The van der Waals surface area contributed by atoms with E-state index in [-0.39, 0.29) is 17.7 Å². The number of benzene rings is 1. The molecule has 0 aliphatic carbocycles. The second-order valence-electron chi connectivity index (χ2n) is 5.91. The second kappa shape index (κ2) is 8.68. The quantitative estimate of drug-likeness (QED) is 0.865. The summed E-state index contributed by atoms with van der Waals surface area (Å²) in [6, 6.07) is 10.5. The van der Waals surface area contributed by atoms with Gasteiger partial charge in [0.05, 0.1) is 6.61 Å². The molecular weight excluding hydrogens is 370 g/mol. The summed E-state index contributed by atoms with van der Waals surface area (Å²) in [5.74, 6) is 0.324. The number of anilines is 2. The van der Waals surface area contributed by atoms with Gasteiger partial charge in [-0.1, -0.05) is 11.6 Å². The van der Waals surface area contributed by atoms with Gasteiger partial charge < -0.3 is 19.9 Å². The SMILES string of the molecule is CCOC(=O)N1CCN(C(=O)c2ccc(Nc3ccc(Cl)cc3)nn2)CC1. The van der Waals surface area contributed by atoms with Crippen LogP contribution < -0.4 is 5.32 Å². The molecule has 0 radical (unpaired) electrons. The van der Waals surface area contributed by atoms with Crippen molar-refractivity contribution < 1.29 is 14.3 Å². The number of nitrogens with one attached hydrogen (secondary N) is 1. The van der Waals surface area contributed by atoms with Crippen LogP contribution in [0.5, 0.6) is 0 Å². The minimum Gasteiger partial charge on any atom is -0.450 e. The molecule has 0 unspecified atom stereocenters. The van der Waals surface area contributed by atoms with Gasteiger partial charge in [-0.2, -0.15) is 0 Å². The molecule has 8 nitrogen and oxygen atoms in total. The summed E-state index contributed by atoms with van der Waals surface area (Å²) in [7, 11) is 0. The Hall–Kier alpha value is -2.87. The van der Waals surface area contributed by atoms with Gasteiger partial charge in [-0.15, -0.1) is 10.2 Å². The molecule has 1 saturated heterocycles. The van der Waals surface area contributed by atoms with Gasteiger partial charge in [0.1, 0.15) is 0 Å². The molecular formula is C18H20ClN5O3. The van der Waals surface area contributed by atoms with E-state index >= 15 is 0 Å². The maximum absolute atomic E-state index is 12.6. The molecule has 1 aliphatic rings. The van der Waals surface area contributed by atoms with Gasteiger partial charge >= 0.3 is 6.09 Å². The third kappa shape index (κ3) is 4.85. The van der Waals surface area contributed by atoms with E-state index in [1.807, 2.05) is 12.1 Å². The van der Waals surface area contributed by atoms with Gasteiger partial charge in [-0.05, 0) is 43.3 Å². The van der Waals surface area contributed by atoms with E-state index in [1.54, 1.807) is 41.0 Å². The zero-order chi connectivity index (χ0) is 19.2. The Morgan fingerprint density at radius 3 is 2.30 bits per heavy atom. The Morgan fingerprint density at radius 2 is 1.70 bits per heavy atom. The summed E-state index contributed by atoms with van der Waals surface area (Å²) in [5, 5.41) is 11.8. The van der Waals surface area contributed by atoms with Crippen LogP contribution in [0.1, 0.15) is 17.4 Å². The van der Waals surface area contributed by atoms with Crippen molar-refractivity contribution in [3.63, 3.8) is 0 Å². The number of ether oxygens (including phenoxy) is 1. The first-order valence-electron chi connectivity index (χ1n) is 8.64. The summed E-state index contributed by atoms with van der Waals surface area (Å²) >= 11 is 5.86. The van der Waals surface area contributed by atoms with E-state index in [2.05, 4.69) is 15.5 Å². The molecule has 0 bridgehead atoms. The summed E-state index contributed by atoms with van der Waals surface area (Å²) in [5.41, 5.74) is 1.09. The number of amides is 2. The van der Waals surface area contributed by atoms with E-state index in [1.165, 1.54) is 0 Å². The first-order valence-corrected chi connectivity index (χ1v) is 9.02. The fourth-order valence-corrected chi connectivity index (χ4v) is 2.79. The molecule has 142 valence electrons. The van der Waals surface area contributed by atoms with Crippen LogP contribution in [0, 0.1) is 0 Å².